The maximum atomic E-state index is 12.5. The molecule has 0 saturated carbocycles. The third-order valence-corrected chi connectivity index (χ3v) is 6.46. The Morgan fingerprint density at radius 1 is 1.17 bits per heavy atom. The molecule has 2 saturated heterocycles. The molecule has 2 bridgehead atoms. The first-order valence-electron chi connectivity index (χ1n) is 8.55. The number of benzene rings is 1. The van der Waals surface area contributed by atoms with Gasteiger partial charge in [-0.05, 0) is 49.7 Å². The van der Waals surface area contributed by atoms with Crippen molar-refractivity contribution in [3.63, 3.8) is 0 Å². The van der Waals surface area contributed by atoms with Crippen LogP contribution >= 0.6 is 24.2 Å². The zero-order chi connectivity index (χ0) is 14.9. The molecule has 3 aliphatic rings. The Balaban J connectivity index is 0.00000156. The fourth-order valence-corrected chi connectivity index (χ4v) is 5.47. The van der Waals surface area contributed by atoms with Gasteiger partial charge < -0.3 is 10.6 Å². The molecule has 3 unspecified atom stereocenters. The summed E-state index contributed by atoms with van der Waals surface area (Å²) >= 11 is 1.90. The van der Waals surface area contributed by atoms with Crippen molar-refractivity contribution in [2.45, 2.75) is 61.5 Å². The second kappa shape index (κ2) is 7.45. The SMILES string of the molecule is Cl.O=C(CC1CC2CCC(C1)N2)NC1CCSc2ccccc21. The summed E-state index contributed by atoms with van der Waals surface area (Å²) in [4.78, 5) is 13.8. The molecule has 4 rings (SSSR count). The summed E-state index contributed by atoms with van der Waals surface area (Å²) in [5.74, 6) is 1.92. The van der Waals surface area contributed by atoms with Gasteiger partial charge in [-0.3, -0.25) is 4.79 Å². The molecule has 5 heteroatoms. The van der Waals surface area contributed by atoms with E-state index in [1.165, 1.54) is 36.1 Å². The number of carbonyl (C=O) groups is 1. The fourth-order valence-electron chi connectivity index (χ4n) is 4.35. The normalized spacial score (nSPS) is 31.8. The number of rotatable bonds is 3. The quantitative estimate of drug-likeness (QED) is 0.871. The Hall–Kier alpha value is -0.710. The van der Waals surface area contributed by atoms with Crippen LogP contribution in [0.4, 0.5) is 0 Å². The summed E-state index contributed by atoms with van der Waals surface area (Å²) in [6.45, 7) is 0. The molecule has 3 nitrogen and oxygen atoms in total. The van der Waals surface area contributed by atoms with Gasteiger partial charge in [-0.25, -0.2) is 0 Å². The van der Waals surface area contributed by atoms with E-state index in [0.717, 1.165) is 12.2 Å². The summed E-state index contributed by atoms with van der Waals surface area (Å²) < 4.78 is 0. The van der Waals surface area contributed by atoms with Crippen LogP contribution < -0.4 is 10.6 Å². The van der Waals surface area contributed by atoms with Crippen LogP contribution in [0.2, 0.25) is 0 Å². The lowest BCUT2D eigenvalue weighted by molar-refractivity contribution is -0.123. The smallest absolute Gasteiger partial charge is 0.220 e. The van der Waals surface area contributed by atoms with Crippen molar-refractivity contribution in [1.82, 2.24) is 10.6 Å². The van der Waals surface area contributed by atoms with Gasteiger partial charge in [0.1, 0.15) is 0 Å². The number of amides is 1. The van der Waals surface area contributed by atoms with Gasteiger partial charge in [0.05, 0.1) is 6.04 Å². The molecule has 2 N–H and O–H groups in total. The Bertz CT molecular complexity index is 556. The summed E-state index contributed by atoms with van der Waals surface area (Å²) in [7, 11) is 0. The second-order valence-electron chi connectivity index (χ2n) is 6.97. The summed E-state index contributed by atoms with van der Waals surface area (Å²) in [5.41, 5.74) is 1.30. The van der Waals surface area contributed by atoms with E-state index < -0.39 is 0 Å². The monoisotopic (exact) mass is 352 g/mol. The number of halogens is 1. The van der Waals surface area contributed by atoms with E-state index in [0.29, 0.717) is 24.4 Å². The fraction of sp³-hybridized carbons (Fsp3) is 0.611. The van der Waals surface area contributed by atoms with Gasteiger partial charge in [-0.1, -0.05) is 18.2 Å². The van der Waals surface area contributed by atoms with Crippen molar-refractivity contribution in [3.05, 3.63) is 29.8 Å². The summed E-state index contributed by atoms with van der Waals surface area (Å²) in [5, 5.41) is 6.95. The van der Waals surface area contributed by atoms with Crippen molar-refractivity contribution < 1.29 is 4.79 Å². The molecule has 3 aliphatic heterocycles. The lowest BCUT2D eigenvalue weighted by Crippen LogP contribution is -2.40. The standard InChI is InChI=1S/C18H24N2OS.ClH/c21-18(11-12-9-13-5-6-14(10-12)19-13)20-16-7-8-22-17-4-2-1-3-15(16)17;/h1-4,12-14,16,19H,5-11H2,(H,20,21);1H. The highest BCUT2D eigenvalue weighted by Gasteiger charge is 2.34. The molecule has 126 valence electrons. The molecule has 0 radical (unpaired) electrons. The minimum absolute atomic E-state index is 0. The van der Waals surface area contributed by atoms with E-state index in [9.17, 15) is 4.79 Å². The molecule has 1 amide bonds. The maximum absolute atomic E-state index is 12.5. The van der Waals surface area contributed by atoms with Crippen LogP contribution in [-0.4, -0.2) is 23.7 Å². The number of nitrogens with one attached hydrogen (secondary N) is 2. The lowest BCUT2D eigenvalue weighted by Gasteiger charge is -2.30. The number of hydrogen-bond donors (Lipinski definition) is 2. The van der Waals surface area contributed by atoms with E-state index in [4.69, 9.17) is 0 Å². The predicted octanol–water partition coefficient (Wildman–Crippen LogP) is 3.68. The van der Waals surface area contributed by atoms with Crippen molar-refractivity contribution >= 4 is 30.1 Å². The first-order valence-corrected chi connectivity index (χ1v) is 9.53. The Morgan fingerprint density at radius 3 is 2.70 bits per heavy atom. The average Bonchev–Trinajstić information content (AvgIpc) is 2.86. The van der Waals surface area contributed by atoms with Crippen molar-refractivity contribution in [2.24, 2.45) is 5.92 Å². The van der Waals surface area contributed by atoms with Gasteiger partial charge in [0.25, 0.3) is 0 Å². The molecule has 3 atom stereocenters. The number of thioether (sulfide) groups is 1. The summed E-state index contributed by atoms with van der Waals surface area (Å²) in [6.07, 6.45) is 6.72. The Labute approximate surface area is 148 Å². The van der Waals surface area contributed by atoms with Gasteiger partial charge in [0, 0.05) is 29.2 Å². The van der Waals surface area contributed by atoms with Gasteiger partial charge in [-0.15, -0.1) is 24.2 Å². The highest BCUT2D eigenvalue weighted by atomic mass is 35.5. The van der Waals surface area contributed by atoms with Crippen LogP contribution in [0.5, 0.6) is 0 Å². The Kier molecular flexibility index (Phi) is 5.55. The van der Waals surface area contributed by atoms with Gasteiger partial charge in [0.15, 0.2) is 0 Å². The third kappa shape index (κ3) is 3.86. The molecule has 1 aromatic rings. The predicted molar refractivity (Wildman–Crippen MR) is 97.2 cm³/mol. The zero-order valence-corrected chi connectivity index (χ0v) is 14.9. The molecule has 0 aromatic heterocycles. The van der Waals surface area contributed by atoms with Gasteiger partial charge >= 0.3 is 0 Å². The molecule has 2 fully saturated rings. The average molecular weight is 353 g/mol. The Morgan fingerprint density at radius 2 is 1.91 bits per heavy atom. The highest BCUT2D eigenvalue weighted by molar-refractivity contribution is 7.99. The van der Waals surface area contributed by atoms with E-state index in [1.54, 1.807) is 0 Å². The highest BCUT2D eigenvalue weighted by Crippen LogP contribution is 2.36. The topological polar surface area (TPSA) is 41.1 Å². The maximum Gasteiger partial charge on any atom is 0.220 e. The third-order valence-electron chi connectivity index (χ3n) is 5.34. The minimum atomic E-state index is 0. The van der Waals surface area contributed by atoms with Crippen LogP contribution in [0.15, 0.2) is 29.2 Å². The number of fused-ring (bicyclic) bond motifs is 3. The van der Waals surface area contributed by atoms with Crippen LogP contribution in [0.3, 0.4) is 0 Å². The lowest BCUT2D eigenvalue weighted by atomic mass is 9.89. The summed E-state index contributed by atoms with van der Waals surface area (Å²) in [6, 6.07) is 10.0. The first kappa shape index (κ1) is 17.1. The molecule has 1 aromatic carbocycles. The number of carbonyl (C=O) groups excluding carboxylic acids is 1. The van der Waals surface area contributed by atoms with E-state index in [-0.39, 0.29) is 24.4 Å². The van der Waals surface area contributed by atoms with Crippen LogP contribution in [0.1, 0.15) is 50.1 Å². The van der Waals surface area contributed by atoms with Crippen molar-refractivity contribution in [1.29, 1.82) is 0 Å². The van der Waals surface area contributed by atoms with E-state index in [2.05, 4.69) is 34.9 Å². The largest absolute Gasteiger partial charge is 0.349 e. The number of hydrogen-bond acceptors (Lipinski definition) is 3. The number of piperidine rings is 1. The van der Waals surface area contributed by atoms with Crippen LogP contribution in [0, 0.1) is 5.92 Å². The molecule has 0 spiro atoms. The molecular formula is C18H25ClN2OS. The molecular weight excluding hydrogens is 328 g/mol. The van der Waals surface area contributed by atoms with Gasteiger partial charge in [0.2, 0.25) is 5.91 Å². The van der Waals surface area contributed by atoms with E-state index in [1.807, 2.05) is 11.8 Å². The van der Waals surface area contributed by atoms with Crippen molar-refractivity contribution in [3.8, 4) is 0 Å². The van der Waals surface area contributed by atoms with Crippen LogP contribution in [0.25, 0.3) is 0 Å². The molecule has 23 heavy (non-hydrogen) atoms. The second-order valence-corrected chi connectivity index (χ2v) is 8.11. The van der Waals surface area contributed by atoms with Gasteiger partial charge in [-0.2, -0.15) is 0 Å². The van der Waals surface area contributed by atoms with E-state index >= 15 is 0 Å². The van der Waals surface area contributed by atoms with Crippen molar-refractivity contribution in [2.75, 3.05) is 5.75 Å². The molecule has 0 aliphatic carbocycles. The van der Waals surface area contributed by atoms with Crippen LogP contribution in [-0.2, 0) is 4.79 Å². The first-order chi connectivity index (χ1) is 10.8. The zero-order valence-electron chi connectivity index (χ0n) is 13.3. The molecule has 3 heterocycles. The minimum Gasteiger partial charge on any atom is -0.349 e.